The first-order valence-corrected chi connectivity index (χ1v) is 1.48. The van der Waals surface area contributed by atoms with E-state index in [1.807, 2.05) is 0 Å². The Bertz CT molecular complexity index is 48.9. The summed E-state index contributed by atoms with van der Waals surface area (Å²) in [6.07, 6.45) is 1.69. The molecule has 0 aromatic rings. The van der Waals surface area contributed by atoms with Crippen LogP contribution in [0.1, 0.15) is 6.92 Å². The van der Waals surface area contributed by atoms with Gasteiger partial charge in [0, 0.05) is 0 Å². The molecule has 0 aliphatic rings. The van der Waals surface area contributed by atoms with Crippen molar-refractivity contribution >= 4 is 7.15 Å². The summed E-state index contributed by atoms with van der Waals surface area (Å²) in [5, 5.41) is 0. The average molecular weight is 67.9 g/mol. The summed E-state index contributed by atoms with van der Waals surface area (Å²) < 4.78 is 9.32. The van der Waals surface area contributed by atoms with Crippen molar-refractivity contribution in [3.63, 3.8) is 0 Å². The van der Waals surface area contributed by atoms with Crippen LogP contribution in [0.25, 0.3) is 0 Å². The minimum atomic E-state index is 0.750. The van der Waals surface area contributed by atoms with Gasteiger partial charge >= 0.3 is 30.8 Å². The van der Waals surface area contributed by atoms with Gasteiger partial charge in [-0.25, -0.2) is 0 Å². The first kappa shape index (κ1) is 4.60. The molecule has 0 amide bonds. The van der Waals surface area contributed by atoms with Gasteiger partial charge in [0.15, 0.2) is 0 Å². The van der Waals surface area contributed by atoms with Gasteiger partial charge in [0.2, 0.25) is 0 Å². The Balaban J connectivity index is 2.92. The molecule has 0 heterocycles. The van der Waals surface area contributed by atoms with Gasteiger partial charge in [0.05, 0.1) is 0 Å². The molecular weight excluding hydrogens is 62.8 g/mol. The third kappa shape index (κ3) is 3.60. The Hall–Kier alpha value is -0.395. The van der Waals surface area contributed by atoms with Gasteiger partial charge in [-0.2, -0.15) is 0 Å². The second kappa shape index (κ2) is 3.60. The molecular formula is C3H5BO. The minimum absolute atomic E-state index is 0.750. The van der Waals surface area contributed by atoms with E-state index in [2.05, 4.69) is 0 Å². The van der Waals surface area contributed by atoms with E-state index in [1.54, 1.807) is 13.0 Å². The molecule has 0 N–H and O–H groups in total. The first-order valence-electron chi connectivity index (χ1n) is 1.48. The van der Waals surface area contributed by atoms with Crippen molar-refractivity contribution in [2.75, 3.05) is 0 Å². The number of hydrogen-bond acceptors (Lipinski definition) is 1. The molecule has 26 valence electrons. The fraction of sp³-hybridized carbons (Fsp3) is 0.333. The summed E-state index contributed by atoms with van der Waals surface area (Å²) in [5.74, 6) is 1.44. The van der Waals surface area contributed by atoms with Gasteiger partial charge in [-0.3, -0.25) is 0 Å². The fourth-order valence-electron chi connectivity index (χ4n) is 0.0786. The van der Waals surface area contributed by atoms with E-state index in [0.717, 1.165) is 7.15 Å². The van der Waals surface area contributed by atoms with Crippen LogP contribution >= 0.6 is 0 Å². The van der Waals surface area contributed by atoms with E-state index >= 15 is 0 Å². The van der Waals surface area contributed by atoms with E-state index in [1.165, 1.54) is 5.98 Å². The second-order valence-corrected chi connectivity index (χ2v) is 0.662. The van der Waals surface area contributed by atoms with Crippen LogP contribution < -0.4 is 0 Å². The summed E-state index contributed by atoms with van der Waals surface area (Å²) in [5.41, 5.74) is 0. The molecule has 1 nitrogen and oxygen atoms in total. The quantitative estimate of drug-likeness (QED) is 0.410. The van der Waals surface area contributed by atoms with Crippen molar-refractivity contribution in [1.82, 2.24) is 0 Å². The van der Waals surface area contributed by atoms with Gasteiger partial charge in [0.1, 0.15) is 0 Å². The molecule has 0 saturated carbocycles. The Morgan fingerprint density at radius 2 is 2.40 bits per heavy atom. The zero-order valence-corrected chi connectivity index (χ0v) is 3.14. The van der Waals surface area contributed by atoms with E-state index in [0.29, 0.717) is 0 Å². The van der Waals surface area contributed by atoms with Crippen molar-refractivity contribution in [2.24, 2.45) is 0 Å². The van der Waals surface area contributed by atoms with Crippen molar-refractivity contribution < 1.29 is 4.70 Å². The molecule has 0 saturated heterocycles. The van der Waals surface area contributed by atoms with Crippen molar-refractivity contribution in [3.8, 4) is 0 Å². The van der Waals surface area contributed by atoms with Crippen LogP contribution in [-0.2, 0) is 4.70 Å². The average Bonchev–Trinajstić information content (AvgIpc) is 1.41. The van der Waals surface area contributed by atoms with Gasteiger partial charge in [-0.15, -0.1) is 0 Å². The summed E-state index contributed by atoms with van der Waals surface area (Å²) in [6, 6.07) is 0. The zero-order valence-electron chi connectivity index (χ0n) is 3.14. The van der Waals surface area contributed by atoms with E-state index in [9.17, 15) is 4.70 Å². The van der Waals surface area contributed by atoms with E-state index in [4.69, 9.17) is 0 Å². The van der Waals surface area contributed by atoms with Crippen molar-refractivity contribution in [1.29, 1.82) is 0 Å². The van der Waals surface area contributed by atoms with Gasteiger partial charge in [-0.1, -0.05) is 0 Å². The third-order valence-electron chi connectivity index (χ3n) is 0.271. The normalized spacial score (nSPS) is 8.20. The molecule has 5 heavy (non-hydrogen) atoms. The van der Waals surface area contributed by atoms with Crippen LogP contribution in [0, 0.1) is 0 Å². The zero-order chi connectivity index (χ0) is 4.12. The Kier molecular flexibility index (Phi) is 3.32. The predicted molar refractivity (Wildman–Crippen MR) is 21.3 cm³/mol. The van der Waals surface area contributed by atoms with Crippen molar-refractivity contribution in [3.05, 3.63) is 12.1 Å². The Morgan fingerprint density at radius 1 is 1.80 bits per heavy atom. The molecule has 0 rings (SSSR count). The molecule has 0 aromatic heterocycles. The predicted octanol–water partition coefficient (Wildman–Crippen LogP) is 0.570. The molecule has 0 unspecified atom stereocenters. The number of rotatable bonds is 1. The summed E-state index contributed by atoms with van der Waals surface area (Å²) in [6.45, 7) is 1.80. The SMILES string of the molecule is C/C=C/B=O. The number of hydrogen-bond donors (Lipinski definition) is 0. The van der Waals surface area contributed by atoms with Crippen LogP contribution in [0.2, 0.25) is 0 Å². The van der Waals surface area contributed by atoms with Gasteiger partial charge < -0.3 is 0 Å². The summed E-state index contributed by atoms with van der Waals surface area (Å²) in [7, 11) is 0.750. The van der Waals surface area contributed by atoms with Crippen LogP contribution in [0.15, 0.2) is 12.1 Å². The molecule has 0 aliphatic heterocycles. The number of allylic oxidation sites excluding steroid dienone is 1. The van der Waals surface area contributed by atoms with E-state index in [-0.39, 0.29) is 0 Å². The summed E-state index contributed by atoms with van der Waals surface area (Å²) in [4.78, 5) is 0. The molecule has 0 aliphatic carbocycles. The maximum atomic E-state index is 9.32. The molecule has 0 bridgehead atoms. The topological polar surface area (TPSA) is 17.1 Å². The molecule has 0 atom stereocenters. The maximum absolute atomic E-state index is 9.32. The molecule has 0 spiro atoms. The standard InChI is InChI=1S/C3H5BO/c1-2-3-4-5/h2-3H,1H3/b3-2+. The summed E-state index contributed by atoms with van der Waals surface area (Å²) >= 11 is 0. The fourth-order valence-corrected chi connectivity index (χ4v) is 0.0786. The van der Waals surface area contributed by atoms with Crippen LogP contribution in [0.4, 0.5) is 0 Å². The third-order valence-corrected chi connectivity index (χ3v) is 0.271. The van der Waals surface area contributed by atoms with Gasteiger partial charge in [0.25, 0.3) is 0 Å². The van der Waals surface area contributed by atoms with Crippen LogP contribution in [-0.4, -0.2) is 7.15 Å². The molecule has 0 radical (unpaired) electrons. The monoisotopic (exact) mass is 68.0 g/mol. The van der Waals surface area contributed by atoms with Crippen molar-refractivity contribution in [2.45, 2.75) is 6.92 Å². The van der Waals surface area contributed by atoms with Crippen LogP contribution in [0.5, 0.6) is 0 Å². The van der Waals surface area contributed by atoms with Crippen LogP contribution in [0.3, 0.4) is 0 Å². The molecule has 0 aromatic carbocycles. The molecule has 2 heteroatoms. The van der Waals surface area contributed by atoms with Gasteiger partial charge in [-0.05, 0) is 0 Å². The van der Waals surface area contributed by atoms with E-state index < -0.39 is 0 Å². The molecule has 0 fully saturated rings. The first-order chi connectivity index (χ1) is 2.41. The Morgan fingerprint density at radius 3 is 2.40 bits per heavy atom. The Labute approximate surface area is 31.9 Å². The second-order valence-electron chi connectivity index (χ2n) is 0.662.